The maximum atomic E-state index is 13.4. The molecule has 0 radical (unpaired) electrons. The molecule has 0 unspecified atom stereocenters. The lowest BCUT2D eigenvalue weighted by Crippen LogP contribution is -2.26. The van der Waals surface area contributed by atoms with Crippen molar-refractivity contribution < 1.29 is 17.6 Å². The molecule has 1 aromatic carbocycles. The molecule has 5 nitrogen and oxygen atoms in total. The Hall–Kier alpha value is -1.77. The fourth-order valence-electron chi connectivity index (χ4n) is 1.69. The summed E-state index contributed by atoms with van der Waals surface area (Å²) in [5.41, 5.74) is -0.0195. The highest BCUT2D eigenvalue weighted by molar-refractivity contribution is 7.91. The average molecular weight is 328 g/mol. The summed E-state index contributed by atoms with van der Waals surface area (Å²) in [4.78, 5) is 12.5. The number of carbonyl (C=O) groups is 1. The minimum atomic E-state index is -3.69. The molecule has 0 atom stereocenters. The van der Waals surface area contributed by atoms with Crippen LogP contribution in [0.4, 0.5) is 4.39 Å². The summed E-state index contributed by atoms with van der Waals surface area (Å²) in [6.45, 7) is 0.276. The van der Waals surface area contributed by atoms with Gasteiger partial charge in [-0.15, -0.1) is 11.3 Å². The van der Waals surface area contributed by atoms with Crippen molar-refractivity contribution in [2.24, 2.45) is 5.14 Å². The molecule has 21 heavy (non-hydrogen) atoms. The van der Waals surface area contributed by atoms with Gasteiger partial charge >= 0.3 is 0 Å². The maximum Gasteiger partial charge on any atom is 0.254 e. The second kappa shape index (κ2) is 6.33. The summed E-state index contributed by atoms with van der Waals surface area (Å²) < 4.78 is 35.7. The SMILES string of the molecule is NS(=O)(=O)c1ccc(CCNC(=O)c2ccccc2F)s1. The van der Waals surface area contributed by atoms with Crippen LogP contribution in [0.1, 0.15) is 15.2 Å². The van der Waals surface area contributed by atoms with Crippen molar-refractivity contribution in [2.45, 2.75) is 10.6 Å². The van der Waals surface area contributed by atoms with E-state index in [2.05, 4.69) is 5.32 Å². The molecule has 0 fully saturated rings. The van der Waals surface area contributed by atoms with Gasteiger partial charge in [0.15, 0.2) is 0 Å². The monoisotopic (exact) mass is 328 g/mol. The summed E-state index contributed by atoms with van der Waals surface area (Å²) >= 11 is 1.05. The average Bonchev–Trinajstić information content (AvgIpc) is 2.88. The van der Waals surface area contributed by atoms with E-state index in [-0.39, 0.29) is 16.3 Å². The van der Waals surface area contributed by atoms with Gasteiger partial charge in [0.25, 0.3) is 5.91 Å². The first-order valence-electron chi connectivity index (χ1n) is 6.02. The van der Waals surface area contributed by atoms with Crippen molar-refractivity contribution in [1.29, 1.82) is 0 Å². The van der Waals surface area contributed by atoms with Crippen LogP contribution in [0.15, 0.2) is 40.6 Å². The van der Waals surface area contributed by atoms with Crippen molar-refractivity contribution in [1.82, 2.24) is 5.32 Å². The number of hydrogen-bond donors (Lipinski definition) is 2. The highest BCUT2D eigenvalue weighted by atomic mass is 32.2. The molecule has 2 aromatic rings. The van der Waals surface area contributed by atoms with Gasteiger partial charge in [-0.2, -0.15) is 0 Å². The first kappa shape index (κ1) is 15.6. The number of rotatable bonds is 5. The zero-order valence-corrected chi connectivity index (χ0v) is 12.5. The Morgan fingerprint density at radius 3 is 2.57 bits per heavy atom. The molecule has 1 aromatic heterocycles. The number of nitrogens with one attached hydrogen (secondary N) is 1. The predicted octanol–water partition coefficient (Wildman–Crippen LogP) is 1.51. The number of benzene rings is 1. The topological polar surface area (TPSA) is 89.3 Å². The van der Waals surface area contributed by atoms with Gasteiger partial charge in [-0.1, -0.05) is 12.1 Å². The molecule has 1 heterocycles. The summed E-state index contributed by atoms with van der Waals surface area (Å²) in [6, 6.07) is 8.76. The number of nitrogens with two attached hydrogens (primary N) is 1. The van der Waals surface area contributed by atoms with E-state index in [9.17, 15) is 17.6 Å². The third kappa shape index (κ3) is 4.10. The van der Waals surface area contributed by atoms with E-state index in [0.717, 1.165) is 16.2 Å². The van der Waals surface area contributed by atoms with Crippen LogP contribution in [0.3, 0.4) is 0 Å². The zero-order chi connectivity index (χ0) is 15.5. The molecule has 0 saturated carbocycles. The van der Waals surface area contributed by atoms with Gasteiger partial charge in [-0.05, 0) is 30.7 Å². The maximum absolute atomic E-state index is 13.4. The molecule has 0 aliphatic rings. The predicted molar refractivity (Wildman–Crippen MR) is 78.1 cm³/mol. The Labute approximate surface area is 125 Å². The molecule has 112 valence electrons. The minimum Gasteiger partial charge on any atom is -0.352 e. The standard InChI is InChI=1S/C13H13FN2O3S2/c14-11-4-2-1-3-10(11)13(17)16-8-7-9-5-6-12(20-9)21(15,18)19/h1-6H,7-8H2,(H,16,17)(H2,15,18,19). The summed E-state index contributed by atoms with van der Waals surface area (Å²) in [5.74, 6) is -1.08. The third-order valence-electron chi connectivity index (χ3n) is 2.69. The van der Waals surface area contributed by atoms with Crippen LogP contribution in [-0.4, -0.2) is 20.9 Å². The van der Waals surface area contributed by atoms with Gasteiger partial charge < -0.3 is 5.32 Å². The number of primary sulfonamides is 1. The number of hydrogen-bond acceptors (Lipinski definition) is 4. The van der Waals surface area contributed by atoms with E-state index in [0.29, 0.717) is 6.42 Å². The molecule has 0 saturated heterocycles. The minimum absolute atomic E-state index is 0.0195. The van der Waals surface area contributed by atoms with Gasteiger partial charge in [-0.25, -0.2) is 17.9 Å². The molecule has 2 rings (SSSR count). The molecular formula is C13H13FN2O3S2. The molecule has 8 heteroatoms. The second-order valence-electron chi connectivity index (χ2n) is 4.25. The number of amides is 1. The van der Waals surface area contributed by atoms with Crippen LogP contribution in [0, 0.1) is 5.82 Å². The van der Waals surface area contributed by atoms with Gasteiger partial charge in [-0.3, -0.25) is 4.79 Å². The molecule has 3 N–H and O–H groups in total. The molecule has 1 amide bonds. The molecule has 0 aliphatic heterocycles. The first-order valence-corrected chi connectivity index (χ1v) is 8.38. The van der Waals surface area contributed by atoms with Gasteiger partial charge in [0, 0.05) is 11.4 Å². The highest BCUT2D eigenvalue weighted by Gasteiger charge is 2.12. The Morgan fingerprint density at radius 1 is 1.24 bits per heavy atom. The Bertz CT molecular complexity index is 756. The fourth-order valence-corrected chi connectivity index (χ4v) is 3.46. The quantitative estimate of drug-likeness (QED) is 0.872. The van der Waals surface area contributed by atoms with Crippen molar-refractivity contribution in [3.63, 3.8) is 0 Å². The van der Waals surface area contributed by atoms with Crippen LogP contribution in [0.5, 0.6) is 0 Å². The van der Waals surface area contributed by atoms with Gasteiger partial charge in [0.1, 0.15) is 10.0 Å². The molecule has 0 bridgehead atoms. The number of sulfonamides is 1. The van der Waals surface area contributed by atoms with E-state index in [1.165, 1.54) is 24.3 Å². The van der Waals surface area contributed by atoms with Gasteiger partial charge in [0.05, 0.1) is 5.56 Å². The molecule has 0 aliphatic carbocycles. The summed E-state index contributed by atoms with van der Waals surface area (Å²) in [6.07, 6.45) is 0.445. The van der Waals surface area contributed by atoms with E-state index in [1.54, 1.807) is 12.1 Å². The van der Waals surface area contributed by atoms with E-state index >= 15 is 0 Å². The second-order valence-corrected chi connectivity index (χ2v) is 7.21. The van der Waals surface area contributed by atoms with Crippen LogP contribution < -0.4 is 10.5 Å². The lowest BCUT2D eigenvalue weighted by Gasteiger charge is -2.05. The fraction of sp³-hybridized carbons (Fsp3) is 0.154. The van der Waals surface area contributed by atoms with Crippen LogP contribution >= 0.6 is 11.3 Å². The van der Waals surface area contributed by atoms with Crippen molar-refractivity contribution in [3.05, 3.63) is 52.7 Å². The number of carbonyl (C=O) groups excluding carboxylic acids is 1. The zero-order valence-electron chi connectivity index (χ0n) is 10.9. The van der Waals surface area contributed by atoms with E-state index < -0.39 is 21.7 Å². The normalized spacial score (nSPS) is 11.3. The van der Waals surface area contributed by atoms with Crippen molar-refractivity contribution in [2.75, 3.05) is 6.54 Å². The highest BCUT2D eigenvalue weighted by Crippen LogP contribution is 2.20. The first-order chi connectivity index (χ1) is 9.88. The smallest absolute Gasteiger partial charge is 0.254 e. The Balaban J connectivity index is 1.92. The van der Waals surface area contributed by atoms with E-state index in [1.807, 2.05) is 0 Å². The van der Waals surface area contributed by atoms with Crippen LogP contribution in [-0.2, 0) is 16.4 Å². The van der Waals surface area contributed by atoms with Crippen molar-refractivity contribution >= 4 is 27.3 Å². The van der Waals surface area contributed by atoms with Crippen molar-refractivity contribution in [3.8, 4) is 0 Å². The summed E-state index contributed by atoms with van der Waals surface area (Å²) in [5, 5.41) is 7.59. The Kier molecular flexibility index (Phi) is 4.71. The molecule has 0 spiro atoms. The van der Waals surface area contributed by atoms with Crippen LogP contribution in [0.25, 0.3) is 0 Å². The third-order valence-corrected chi connectivity index (χ3v) is 5.28. The van der Waals surface area contributed by atoms with Crippen LogP contribution in [0.2, 0.25) is 0 Å². The molecular weight excluding hydrogens is 315 g/mol. The number of thiophene rings is 1. The van der Waals surface area contributed by atoms with Gasteiger partial charge in [0.2, 0.25) is 10.0 Å². The largest absolute Gasteiger partial charge is 0.352 e. The summed E-state index contributed by atoms with van der Waals surface area (Å²) in [7, 11) is -3.69. The van der Waals surface area contributed by atoms with E-state index in [4.69, 9.17) is 5.14 Å². The lowest BCUT2D eigenvalue weighted by atomic mass is 10.2. The lowest BCUT2D eigenvalue weighted by molar-refractivity contribution is 0.0950. The number of halogens is 1. The Morgan fingerprint density at radius 2 is 1.95 bits per heavy atom.